The number of hydrogen-bond donors (Lipinski definition) is 0. The first-order valence-corrected chi connectivity index (χ1v) is 10.9. The van der Waals surface area contributed by atoms with Crippen LogP contribution >= 0.6 is 0 Å². The number of nitrogens with zero attached hydrogens (tertiary/aromatic N) is 4. The molecule has 1 aromatic carbocycles. The zero-order valence-electron chi connectivity index (χ0n) is 18.7. The molecule has 0 bridgehead atoms. The molecule has 160 valence electrons. The van der Waals surface area contributed by atoms with E-state index < -0.39 is 0 Å². The molecule has 0 saturated carbocycles. The van der Waals surface area contributed by atoms with E-state index in [4.69, 9.17) is 4.98 Å². The standard InChI is InChI=1S/C24H32N4O2/c1-16-7-6-8-19-17(2)13-20(25-22(16)19)26-9-11-27(12-10-26)23(30)18-14-21(29)28(15-18)24(3,4)5/h6-8,13,18H,9-12,14-15H2,1-5H3. The minimum atomic E-state index is -0.234. The molecule has 0 aliphatic carbocycles. The summed E-state index contributed by atoms with van der Waals surface area (Å²) in [5.41, 5.74) is 3.23. The van der Waals surface area contributed by atoms with Crippen molar-refractivity contribution in [3.05, 3.63) is 35.4 Å². The average molecular weight is 409 g/mol. The topological polar surface area (TPSA) is 56.8 Å². The van der Waals surface area contributed by atoms with Crippen molar-refractivity contribution in [3.8, 4) is 0 Å². The van der Waals surface area contributed by atoms with Crippen LogP contribution in [-0.2, 0) is 9.59 Å². The van der Waals surface area contributed by atoms with Crippen LogP contribution in [0.3, 0.4) is 0 Å². The molecule has 2 aliphatic rings. The number of likely N-dealkylation sites (tertiary alicyclic amines) is 1. The third kappa shape index (κ3) is 3.75. The molecule has 3 heterocycles. The fraction of sp³-hybridized carbons (Fsp3) is 0.542. The summed E-state index contributed by atoms with van der Waals surface area (Å²) in [7, 11) is 0. The lowest BCUT2D eigenvalue weighted by Gasteiger charge is -2.37. The van der Waals surface area contributed by atoms with E-state index in [1.807, 2.05) is 30.6 Å². The van der Waals surface area contributed by atoms with E-state index in [0.717, 1.165) is 24.4 Å². The van der Waals surface area contributed by atoms with Crippen molar-refractivity contribution < 1.29 is 9.59 Å². The minimum absolute atomic E-state index is 0.0886. The van der Waals surface area contributed by atoms with Gasteiger partial charge in [0.1, 0.15) is 5.82 Å². The van der Waals surface area contributed by atoms with Crippen LogP contribution < -0.4 is 4.90 Å². The van der Waals surface area contributed by atoms with E-state index >= 15 is 0 Å². The summed E-state index contributed by atoms with van der Waals surface area (Å²) in [4.78, 5) is 36.4. The molecule has 1 aromatic heterocycles. The molecule has 2 aliphatic heterocycles. The Hall–Kier alpha value is -2.63. The quantitative estimate of drug-likeness (QED) is 0.766. The SMILES string of the molecule is Cc1cc(N2CCN(C(=O)C3CC(=O)N(C(C)(C)C)C3)CC2)nc2c(C)cccc12. The number of fused-ring (bicyclic) bond motifs is 1. The van der Waals surface area contributed by atoms with Gasteiger partial charge < -0.3 is 14.7 Å². The summed E-state index contributed by atoms with van der Waals surface area (Å²) in [5.74, 6) is 0.974. The molecule has 4 rings (SSSR count). The zero-order valence-corrected chi connectivity index (χ0v) is 18.7. The Morgan fingerprint density at radius 2 is 1.77 bits per heavy atom. The molecule has 0 spiro atoms. The van der Waals surface area contributed by atoms with Crippen LogP contribution in [0.1, 0.15) is 38.3 Å². The molecular formula is C24H32N4O2. The summed E-state index contributed by atoms with van der Waals surface area (Å²) in [5, 5.41) is 1.20. The summed E-state index contributed by atoms with van der Waals surface area (Å²) in [6.45, 7) is 13.7. The largest absolute Gasteiger partial charge is 0.353 e. The number of benzene rings is 1. The molecule has 2 fully saturated rings. The number of anilines is 1. The average Bonchev–Trinajstić information content (AvgIpc) is 3.10. The lowest BCUT2D eigenvalue weighted by Crippen LogP contribution is -2.51. The number of carbonyl (C=O) groups is 2. The Morgan fingerprint density at radius 3 is 2.40 bits per heavy atom. The number of rotatable bonds is 2. The van der Waals surface area contributed by atoms with Crippen LogP contribution in [0.5, 0.6) is 0 Å². The number of aryl methyl sites for hydroxylation is 2. The maximum Gasteiger partial charge on any atom is 0.228 e. The van der Waals surface area contributed by atoms with Crippen molar-refractivity contribution in [1.29, 1.82) is 0 Å². The van der Waals surface area contributed by atoms with Gasteiger partial charge in [0.05, 0.1) is 11.4 Å². The highest BCUT2D eigenvalue weighted by Crippen LogP contribution is 2.28. The van der Waals surface area contributed by atoms with Gasteiger partial charge >= 0.3 is 0 Å². The van der Waals surface area contributed by atoms with Gasteiger partial charge in [-0.25, -0.2) is 4.98 Å². The van der Waals surface area contributed by atoms with Crippen LogP contribution in [0.2, 0.25) is 0 Å². The predicted molar refractivity (Wildman–Crippen MR) is 120 cm³/mol. The summed E-state index contributed by atoms with van der Waals surface area (Å²) < 4.78 is 0. The lowest BCUT2D eigenvalue weighted by molar-refractivity contribution is -0.136. The summed E-state index contributed by atoms with van der Waals surface area (Å²) in [6.07, 6.45) is 0.334. The second kappa shape index (κ2) is 7.56. The predicted octanol–water partition coefficient (Wildman–Crippen LogP) is 3.15. The van der Waals surface area contributed by atoms with Crippen molar-refractivity contribution in [1.82, 2.24) is 14.8 Å². The molecular weight excluding hydrogens is 376 g/mol. The fourth-order valence-corrected chi connectivity index (χ4v) is 4.64. The Labute approximate surface area is 178 Å². The fourth-order valence-electron chi connectivity index (χ4n) is 4.64. The van der Waals surface area contributed by atoms with Crippen LogP contribution in [-0.4, -0.2) is 64.9 Å². The Morgan fingerprint density at radius 1 is 1.07 bits per heavy atom. The van der Waals surface area contributed by atoms with E-state index in [2.05, 4.69) is 43.0 Å². The highest BCUT2D eigenvalue weighted by atomic mass is 16.2. The second-order valence-electron chi connectivity index (χ2n) is 9.66. The highest BCUT2D eigenvalue weighted by molar-refractivity contribution is 5.90. The van der Waals surface area contributed by atoms with Gasteiger partial charge in [0.15, 0.2) is 0 Å². The van der Waals surface area contributed by atoms with Crippen LogP contribution in [0.15, 0.2) is 24.3 Å². The van der Waals surface area contributed by atoms with Crippen molar-refractivity contribution in [3.63, 3.8) is 0 Å². The zero-order chi connectivity index (χ0) is 21.6. The molecule has 1 unspecified atom stereocenters. The smallest absolute Gasteiger partial charge is 0.228 e. The van der Waals surface area contributed by atoms with Gasteiger partial charge in [-0.05, 0) is 51.8 Å². The number of hydrogen-bond acceptors (Lipinski definition) is 4. The van der Waals surface area contributed by atoms with E-state index in [0.29, 0.717) is 26.1 Å². The Bertz CT molecular complexity index is 987. The molecule has 30 heavy (non-hydrogen) atoms. The van der Waals surface area contributed by atoms with Gasteiger partial charge in [-0.1, -0.05) is 18.2 Å². The third-order valence-corrected chi connectivity index (χ3v) is 6.43. The molecule has 6 heteroatoms. The maximum atomic E-state index is 13.0. The number of amides is 2. The Kier molecular flexibility index (Phi) is 5.20. The van der Waals surface area contributed by atoms with E-state index in [1.165, 1.54) is 16.5 Å². The molecule has 1 atom stereocenters. The molecule has 6 nitrogen and oxygen atoms in total. The number of aromatic nitrogens is 1. The van der Waals surface area contributed by atoms with Crippen LogP contribution in [0, 0.1) is 19.8 Å². The van der Waals surface area contributed by atoms with Gasteiger partial charge in [0.2, 0.25) is 11.8 Å². The van der Waals surface area contributed by atoms with Crippen LogP contribution in [0.4, 0.5) is 5.82 Å². The highest BCUT2D eigenvalue weighted by Gasteiger charge is 2.41. The van der Waals surface area contributed by atoms with Gasteiger partial charge in [-0.3, -0.25) is 9.59 Å². The second-order valence-corrected chi connectivity index (χ2v) is 9.66. The molecule has 0 N–H and O–H groups in total. The number of pyridine rings is 1. The van der Waals surface area contributed by atoms with E-state index in [1.54, 1.807) is 0 Å². The molecule has 0 radical (unpaired) electrons. The first-order chi connectivity index (χ1) is 14.1. The van der Waals surface area contributed by atoms with Gasteiger partial charge in [-0.15, -0.1) is 0 Å². The Balaban J connectivity index is 1.43. The minimum Gasteiger partial charge on any atom is -0.353 e. The first kappa shape index (κ1) is 20.6. The number of para-hydroxylation sites is 1. The summed E-state index contributed by atoms with van der Waals surface area (Å²) in [6, 6.07) is 8.44. The lowest BCUT2D eigenvalue weighted by atomic mass is 10.1. The van der Waals surface area contributed by atoms with Gasteiger partial charge in [0.25, 0.3) is 0 Å². The normalized spacial score (nSPS) is 20.4. The van der Waals surface area contributed by atoms with Crippen molar-refractivity contribution in [2.24, 2.45) is 5.92 Å². The van der Waals surface area contributed by atoms with Crippen molar-refractivity contribution >= 4 is 28.5 Å². The monoisotopic (exact) mass is 408 g/mol. The maximum absolute atomic E-state index is 13.0. The molecule has 2 amide bonds. The number of piperazine rings is 1. The van der Waals surface area contributed by atoms with Crippen LogP contribution in [0.25, 0.3) is 10.9 Å². The van der Waals surface area contributed by atoms with E-state index in [9.17, 15) is 9.59 Å². The van der Waals surface area contributed by atoms with Crippen molar-refractivity contribution in [2.45, 2.75) is 46.6 Å². The molecule has 2 aromatic rings. The summed E-state index contributed by atoms with van der Waals surface area (Å²) >= 11 is 0. The van der Waals surface area contributed by atoms with E-state index in [-0.39, 0.29) is 23.3 Å². The van der Waals surface area contributed by atoms with Gasteiger partial charge in [0, 0.05) is 50.1 Å². The number of carbonyl (C=O) groups excluding carboxylic acids is 2. The third-order valence-electron chi connectivity index (χ3n) is 6.43. The molecule has 2 saturated heterocycles. The van der Waals surface area contributed by atoms with Crippen molar-refractivity contribution in [2.75, 3.05) is 37.6 Å². The van der Waals surface area contributed by atoms with Gasteiger partial charge in [-0.2, -0.15) is 0 Å². The first-order valence-electron chi connectivity index (χ1n) is 10.9.